The maximum atomic E-state index is 12.3. The van der Waals surface area contributed by atoms with Crippen LogP contribution >= 0.6 is 0 Å². The van der Waals surface area contributed by atoms with E-state index < -0.39 is 17.6 Å². The molecule has 0 aliphatic carbocycles. The van der Waals surface area contributed by atoms with Gasteiger partial charge in [-0.15, -0.1) is 0 Å². The van der Waals surface area contributed by atoms with Crippen molar-refractivity contribution < 1.29 is 19.4 Å². The minimum absolute atomic E-state index is 0.0723. The van der Waals surface area contributed by atoms with Gasteiger partial charge in [-0.3, -0.25) is 4.79 Å². The molecule has 0 saturated carbocycles. The maximum Gasteiger partial charge on any atom is 0.328 e. The van der Waals surface area contributed by atoms with E-state index in [2.05, 4.69) is 5.32 Å². The number of nitrogens with one attached hydrogen (secondary N) is 1. The Kier molecular flexibility index (Phi) is 6.37. The summed E-state index contributed by atoms with van der Waals surface area (Å²) in [6.45, 7) is 5.89. The highest BCUT2D eigenvalue weighted by atomic mass is 16.6. The van der Waals surface area contributed by atoms with E-state index in [1.807, 2.05) is 51.1 Å². The van der Waals surface area contributed by atoms with Crippen LogP contribution in [0.1, 0.15) is 45.2 Å². The van der Waals surface area contributed by atoms with Gasteiger partial charge in [-0.1, -0.05) is 30.3 Å². The molecule has 21 heavy (non-hydrogen) atoms. The Hall–Kier alpha value is -1.88. The summed E-state index contributed by atoms with van der Waals surface area (Å²) >= 11 is 0. The normalized spacial score (nSPS) is 12.7. The number of hydrogen-bond acceptors (Lipinski definition) is 4. The highest BCUT2D eigenvalue weighted by Crippen LogP contribution is 2.18. The van der Waals surface area contributed by atoms with Crippen molar-refractivity contribution in [2.24, 2.45) is 0 Å². The smallest absolute Gasteiger partial charge is 0.328 e. The van der Waals surface area contributed by atoms with E-state index in [-0.39, 0.29) is 12.4 Å². The number of aliphatic carboxylic acids is 1. The Morgan fingerprint density at radius 1 is 1.24 bits per heavy atom. The van der Waals surface area contributed by atoms with Gasteiger partial charge in [-0.2, -0.15) is 0 Å². The molecule has 0 unspecified atom stereocenters. The lowest BCUT2D eigenvalue weighted by Gasteiger charge is -2.25. The summed E-state index contributed by atoms with van der Waals surface area (Å²) in [4.78, 5) is 22.8. The van der Waals surface area contributed by atoms with Gasteiger partial charge in [0.1, 0.15) is 11.6 Å². The second-order valence-corrected chi connectivity index (χ2v) is 5.83. The number of rotatable bonds is 7. The topological polar surface area (TPSA) is 75.6 Å². The molecular weight excluding hydrogens is 270 g/mol. The van der Waals surface area contributed by atoms with Crippen LogP contribution in [0.25, 0.3) is 0 Å². The molecule has 1 aromatic carbocycles. The number of hydrogen-bond donors (Lipinski definition) is 2. The van der Waals surface area contributed by atoms with Gasteiger partial charge >= 0.3 is 11.9 Å². The van der Waals surface area contributed by atoms with E-state index in [1.54, 1.807) is 0 Å². The van der Waals surface area contributed by atoms with Crippen molar-refractivity contribution in [3.63, 3.8) is 0 Å². The third kappa shape index (κ3) is 6.90. The predicted octanol–water partition coefficient (Wildman–Crippen LogP) is 2.52. The highest BCUT2D eigenvalue weighted by molar-refractivity contribution is 5.78. The van der Waals surface area contributed by atoms with E-state index in [4.69, 9.17) is 9.84 Å². The molecule has 0 saturated heterocycles. The summed E-state index contributed by atoms with van der Waals surface area (Å²) in [6.07, 6.45) is 0.532. The van der Waals surface area contributed by atoms with Crippen molar-refractivity contribution in [2.75, 3.05) is 6.54 Å². The van der Waals surface area contributed by atoms with Gasteiger partial charge in [0, 0.05) is 6.42 Å². The van der Waals surface area contributed by atoms with Crippen molar-refractivity contribution in [1.29, 1.82) is 0 Å². The first-order valence-corrected chi connectivity index (χ1v) is 7.02. The standard InChI is InChI=1S/C16H23NO4/c1-16(2,3)21-15(20)14(12-8-5-4-6-9-12)17-11-7-10-13(18)19/h4-6,8-9,14,17H,7,10-11H2,1-3H3,(H,18,19)/t14-/m0/s1. The molecule has 0 spiro atoms. The van der Waals surface area contributed by atoms with Crippen LogP contribution < -0.4 is 5.32 Å². The van der Waals surface area contributed by atoms with Crippen molar-refractivity contribution in [2.45, 2.75) is 45.3 Å². The minimum Gasteiger partial charge on any atom is -0.481 e. The van der Waals surface area contributed by atoms with Gasteiger partial charge in [0.2, 0.25) is 0 Å². The number of carboxylic acids is 1. The monoisotopic (exact) mass is 293 g/mol. The van der Waals surface area contributed by atoms with Crippen LogP contribution in [0.2, 0.25) is 0 Å². The molecule has 0 aromatic heterocycles. The number of carboxylic acid groups (broad SMARTS) is 1. The molecule has 0 heterocycles. The van der Waals surface area contributed by atoms with E-state index >= 15 is 0 Å². The third-order valence-electron chi connectivity index (χ3n) is 2.69. The molecule has 1 atom stereocenters. The van der Waals surface area contributed by atoms with E-state index in [9.17, 15) is 9.59 Å². The Bertz CT molecular complexity index is 465. The second kappa shape index (κ2) is 7.78. The first-order valence-electron chi connectivity index (χ1n) is 7.02. The quantitative estimate of drug-likeness (QED) is 0.597. The van der Waals surface area contributed by atoms with Gasteiger partial charge < -0.3 is 15.2 Å². The van der Waals surface area contributed by atoms with Crippen LogP contribution in [-0.4, -0.2) is 29.2 Å². The predicted molar refractivity (Wildman–Crippen MR) is 79.9 cm³/mol. The zero-order valence-electron chi connectivity index (χ0n) is 12.8. The van der Waals surface area contributed by atoms with Gasteiger partial charge in [-0.25, -0.2) is 4.79 Å². The van der Waals surface area contributed by atoms with Crippen LogP contribution in [0.5, 0.6) is 0 Å². The fraction of sp³-hybridized carbons (Fsp3) is 0.500. The second-order valence-electron chi connectivity index (χ2n) is 5.83. The lowest BCUT2D eigenvalue weighted by Crippen LogP contribution is -2.35. The van der Waals surface area contributed by atoms with Gasteiger partial charge in [-0.05, 0) is 39.3 Å². The van der Waals surface area contributed by atoms with Gasteiger partial charge in [0.25, 0.3) is 0 Å². The van der Waals surface area contributed by atoms with Crippen LogP contribution in [0, 0.1) is 0 Å². The molecule has 5 heteroatoms. The maximum absolute atomic E-state index is 12.3. The number of esters is 1. The number of benzene rings is 1. The molecule has 116 valence electrons. The molecule has 2 N–H and O–H groups in total. The Morgan fingerprint density at radius 3 is 2.38 bits per heavy atom. The summed E-state index contributed by atoms with van der Waals surface area (Å²) in [7, 11) is 0. The average molecular weight is 293 g/mol. The van der Waals surface area contributed by atoms with Crippen molar-refractivity contribution in [3.8, 4) is 0 Å². The number of ether oxygens (including phenoxy) is 1. The molecule has 0 aliphatic heterocycles. The first-order chi connectivity index (χ1) is 9.79. The summed E-state index contributed by atoms with van der Waals surface area (Å²) < 4.78 is 5.41. The molecule has 0 radical (unpaired) electrons. The van der Waals surface area contributed by atoms with Gasteiger partial charge in [0.15, 0.2) is 0 Å². The summed E-state index contributed by atoms with van der Waals surface area (Å²) in [5.74, 6) is -1.20. The van der Waals surface area contributed by atoms with Crippen LogP contribution in [0.3, 0.4) is 0 Å². The molecule has 5 nitrogen and oxygen atoms in total. The zero-order valence-corrected chi connectivity index (χ0v) is 12.8. The van der Waals surface area contributed by atoms with E-state index in [1.165, 1.54) is 0 Å². The summed E-state index contributed by atoms with van der Waals surface area (Å²) in [5.41, 5.74) is 0.245. The van der Waals surface area contributed by atoms with Crippen molar-refractivity contribution in [3.05, 3.63) is 35.9 Å². The lowest BCUT2D eigenvalue weighted by atomic mass is 10.1. The molecule has 1 rings (SSSR count). The first kappa shape index (κ1) is 17.2. The number of carbonyl (C=O) groups is 2. The fourth-order valence-corrected chi connectivity index (χ4v) is 1.83. The van der Waals surface area contributed by atoms with Crippen LogP contribution in [0.15, 0.2) is 30.3 Å². The number of carbonyl (C=O) groups excluding carboxylic acids is 1. The van der Waals surface area contributed by atoms with E-state index in [0.29, 0.717) is 13.0 Å². The van der Waals surface area contributed by atoms with Crippen molar-refractivity contribution in [1.82, 2.24) is 5.32 Å². The van der Waals surface area contributed by atoms with Gasteiger partial charge in [0.05, 0.1) is 0 Å². The molecule has 0 fully saturated rings. The Morgan fingerprint density at radius 2 is 1.86 bits per heavy atom. The zero-order chi connectivity index (χ0) is 15.9. The molecule has 1 aromatic rings. The minimum atomic E-state index is -0.842. The third-order valence-corrected chi connectivity index (χ3v) is 2.69. The van der Waals surface area contributed by atoms with E-state index in [0.717, 1.165) is 5.56 Å². The van der Waals surface area contributed by atoms with Crippen LogP contribution in [-0.2, 0) is 14.3 Å². The largest absolute Gasteiger partial charge is 0.481 e. The Balaban J connectivity index is 2.71. The molecule has 0 bridgehead atoms. The lowest BCUT2D eigenvalue weighted by molar-refractivity contribution is -0.157. The van der Waals surface area contributed by atoms with Crippen LogP contribution in [0.4, 0.5) is 0 Å². The van der Waals surface area contributed by atoms with Crippen molar-refractivity contribution >= 4 is 11.9 Å². The summed E-state index contributed by atoms with van der Waals surface area (Å²) in [6, 6.07) is 8.69. The summed E-state index contributed by atoms with van der Waals surface area (Å²) in [5, 5.41) is 11.7. The molecular formula is C16H23NO4. The molecule has 0 amide bonds. The highest BCUT2D eigenvalue weighted by Gasteiger charge is 2.26. The fourth-order valence-electron chi connectivity index (χ4n) is 1.83. The SMILES string of the molecule is CC(C)(C)OC(=O)[C@@H](NCCCC(=O)O)c1ccccc1. The average Bonchev–Trinajstić information content (AvgIpc) is 2.37. The Labute approximate surface area is 125 Å². The molecule has 0 aliphatic rings.